The number of fused-ring (bicyclic) bond motifs is 1. The molecule has 2 aromatic carbocycles. The maximum Gasteiger partial charge on any atom is 0.307 e. The highest BCUT2D eigenvalue weighted by Gasteiger charge is 2.24. The lowest BCUT2D eigenvalue weighted by Crippen LogP contribution is -2.38. The summed E-state index contributed by atoms with van der Waals surface area (Å²) in [5.41, 5.74) is 2.61. The van der Waals surface area contributed by atoms with E-state index >= 15 is 0 Å². The van der Waals surface area contributed by atoms with Crippen LogP contribution in [0.1, 0.15) is 36.4 Å². The van der Waals surface area contributed by atoms with Crippen molar-refractivity contribution in [3.63, 3.8) is 0 Å². The molecule has 0 saturated heterocycles. The molecular formula is C23H26N2O5. The highest BCUT2D eigenvalue weighted by Crippen LogP contribution is 2.31. The van der Waals surface area contributed by atoms with Crippen molar-refractivity contribution in [2.45, 2.75) is 32.2 Å². The number of esters is 1. The first-order valence-electron chi connectivity index (χ1n) is 9.93. The summed E-state index contributed by atoms with van der Waals surface area (Å²) in [5.74, 6) is -0.180. The fraction of sp³-hybridized carbons (Fsp3) is 0.348. The van der Waals surface area contributed by atoms with Gasteiger partial charge in [0.05, 0.1) is 31.8 Å². The summed E-state index contributed by atoms with van der Waals surface area (Å²) in [4.78, 5) is 38.7. The van der Waals surface area contributed by atoms with Crippen LogP contribution < -0.4 is 15.0 Å². The molecule has 0 radical (unpaired) electrons. The molecule has 1 aliphatic heterocycles. The normalized spacial score (nSPS) is 13.6. The number of hydrogen-bond donors (Lipinski definition) is 1. The number of aryl methyl sites for hydroxylation is 1. The van der Waals surface area contributed by atoms with Crippen molar-refractivity contribution < 1.29 is 23.9 Å². The van der Waals surface area contributed by atoms with E-state index in [-0.39, 0.29) is 31.1 Å². The smallest absolute Gasteiger partial charge is 0.307 e. The van der Waals surface area contributed by atoms with Crippen molar-refractivity contribution >= 4 is 23.5 Å². The fourth-order valence-electron chi connectivity index (χ4n) is 3.35. The number of methoxy groups -OCH3 is 1. The third kappa shape index (κ3) is 5.37. The van der Waals surface area contributed by atoms with Crippen molar-refractivity contribution in [2.24, 2.45) is 0 Å². The molecule has 0 saturated carbocycles. The van der Waals surface area contributed by atoms with Gasteiger partial charge in [0, 0.05) is 12.8 Å². The van der Waals surface area contributed by atoms with E-state index in [0.717, 1.165) is 16.8 Å². The van der Waals surface area contributed by atoms with Crippen LogP contribution in [0.4, 0.5) is 5.69 Å². The highest BCUT2D eigenvalue weighted by atomic mass is 16.5. The van der Waals surface area contributed by atoms with Crippen LogP contribution in [0.5, 0.6) is 5.75 Å². The molecule has 1 heterocycles. The molecule has 3 rings (SSSR count). The predicted octanol–water partition coefficient (Wildman–Crippen LogP) is 2.92. The second-order valence-corrected chi connectivity index (χ2v) is 7.17. The molecular weight excluding hydrogens is 384 g/mol. The second-order valence-electron chi connectivity index (χ2n) is 7.17. The van der Waals surface area contributed by atoms with Gasteiger partial charge >= 0.3 is 5.97 Å². The molecule has 1 atom stereocenters. The molecule has 2 amide bonds. The Balaban J connectivity index is 1.61. The molecule has 1 unspecified atom stereocenters. The van der Waals surface area contributed by atoms with Crippen molar-refractivity contribution in [2.75, 3.05) is 25.2 Å². The molecule has 0 spiro atoms. The largest absolute Gasteiger partial charge is 0.490 e. The average molecular weight is 410 g/mol. The van der Waals surface area contributed by atoms with E-state index in [2.05, 4.69) is 5.32 Å². The van der Waals surface area contributed by atoms with Gasteiger partial charge < -0.3 is 19.7 Å². The highest BCUT2D eigenvalue weighted by molar-refractivity contribution is 5.97. The van der Waals surface area contributed by atoms with Gasteiger partial charge in [-0.25, -0.2) is 0 Å². The number of hydrogen-bond acceptors (Lipinski definition) is 5. The van der Waals surface area contributed by atoms with Crippen LogP contribution in [0, 0.1) is 6.92 Å². The first kappa shape index (κ1) is 21.4. The maximum atomic E-state index is 12.7. The van der Waals surface area contributed by atoms with Crippen molar-refractivity contribution in [3.8, 4) is 5.75 Å². The minimum absolute atomic E-state index is 0.0239. The van der Waals surface area contributed by atoms with Gasteiger partial charge in [-0.3, -0.25) is 14.4 Å². The van der Waals surface area contributed by atoms with E-state index in [0.29, 0.717) is 18.9 Å². The fourth-order valence-corrected chi connectivity index (χ4v) is 3.35. The Bertz CT molecular complexity index is 910. The summed E-state index contributed by atoms with van der Waals surface area (Å²) < 4.78 is 10.3. The van der Waals surface area contributed by atoms with Crippen molar-refractivity contribution in [3.05, 3.63) is 59.7 Å². The summed E-state index contributed by atoms with van der Waals surface area (Å²) in [6.45, 7) is 2.84. The number of benzene rings is 2. The third-order valence-electron chi connectivity index (χ3n) is 5.01. The first-order chi connectivity index (χ1) is 14.5. The summed E-state index contributed by atoms with van der Waals surface area (Å²) in [5, 5.41) is 2.86. The van der Waals surface area contributed by atoms with Crippen LogP contribution in [0.2, 0.25) is 0 Å². The Hall–Kier alpha value is -3.35. The van der Waals surface area contributed by atoms with Gasteiger partial charge in [0.1, 0.15) is 12.4 Å². The Morgan fingerprint density at radius 1 is 1.10 bits per heavy atom. The zero-order chi connectivity index (χ0) is 21.5. The molecule has 30 heavy (non-hydrogen) atoms. The standard InChI is InChI=1S/C23H26N2O5/c1-16-7-9-17(10-8-16)18(15-23(28)29-2)24-21(26)11-12-22(27)25-13-14-30-20-6-4-3-5-19(20)25/h3-10,18H,11-15H2,1-2H3,(H,24,26). The Labute approximate surface area is 176 Å². The number of nitrogens with zero attached hydrogens (tertiary/aromatic N) is 1. The Kier molecular flexibility index (Phi) is 7.06. The Morgan fingerprint density at radius 2 is 1.83 bits per heavy atom. The van der Waals surface area contributed by atoms with E-state index < -0.39 is 12.0 Å². The van der Waals surface area contributed by atoms with Crippen LogP contribution in [0.25, 0.3) is 0 Å². The average Bonchev–Trinajstić information content (AvgIpc) is 2.77. The SMILES string of the molecule is COC(=O)CC(NC(=O)CCC(=O)N1CCOc2ccccc21)c1ccc(C)cc1. The lowest BCUT2D eigenvalue weighted by Gasteiger charge is -2.29. The number of nitrogens with one attached hydrogen (secondary N) is 1. The lowest BCUT2D eigenvalue weighted by molar-refractivity contribution is -0.141. The predicted molar refractivity (Wildman–Crippen MR) is 112 cm³/mol. The molecule has 158 valence electrons. The molecule has 1 N–H and O–H groups in total. The zero-order valence-corrected chi connectivity index (χ0v) is 17.2. The second kappa shape index (κ2) is 9.91. The summed E-state index contributed by atoms with van der Waals surface area (Å²) in [6.07, 6.45) is 0.122. The van der Waals surface area contributed by atoms with Crippen LogP contribution in [0.3, 0.4) is 0 Å². The monoisotopic (exact) mass is 410 g/mol. The number of carbonyl (C=O) groups is 3. The van der Waals surface area contributed by atoms with Gasteiger partial charge in [0.15, 0.2) is 0 Å². The van der Waals surface area contributed by atoms with E-state index in [9.17, 15) is 14.4 Å². The first-order valence-corrected chi connectivity index (χ1v) is 9.93. The molecule has 1 aliphatic rings. The van der Waals surface area contributed by atoms with Gasteiger partial charge in [-0.2, -0.15) is 0 Å². The van der Waals surface area contributed by atoms with E-state index in [1.165, 1.54) is 7.11 Å². The van der Waals surface area contributed by atoms with Crippen LogP contribution >= 0.6 is 0 Å². The molecule has 0 bridgehead atoms. The van der Waals surface area contributed by atoms with Gasteiger partial charge in [0.2, 0.25) is 11.8 Å². The summed E-state index contributed by atoms with van der Waals surface area (Å²) in [7, 11) is 1.31. The Morgan fingerprint density at radius 3 is 2.57 bits per heavy atom. The van der Waals surface area contributed by atoms with Gasteiger partial charge in [-0.05, 0) is 24.6 Å². The number of carbonyl (C=O) groups excluding carboxylic acids is 3. The number of para-hydroxylation sites is 2. The zero-order valence-electron chi connectivity index (χ0n) is 17.2. The van der Waals surface area contributed by atoms with Crippen LogP contribution in [0.15, 0.2) is 48.5 Å². The van der Waals surface area contributed by atoms with E-state index in [1.807, 2.05) is 55.5 Å². The molecule has 2 aromatic rings. The molecule has 0 aliphatic carbocycles. The quantitative estimate of drug-likeness (QED) is 0.710. The topological polar surface area (TPSA) is 84.9 Å². The number of amides is 2. The van der Waals surface area contributed by atoms with Crippen molar-refractivity contribution in [1.82, 2.24) is 5.32 Å². The number of rotatable bonds is 7. The molecule has 7 nitrogen and oxygen atoms in total. The van der Waals surface area contributed by atoms with Crippen molar-refractivity contribution in [1.29, 1.82) is 0 Å². The molecule has 0 aromatic heterocycles. The molecule has 7 heteroatoms. The van der Waals surface area contributed by atoms with Gasteiger partial charge in [-0.15, -0.1) is 0 Å². The minimum Gasteiger partial charge on any atom is -0.490 e. The minimum atomic E-state index is -0.509. The molecule has 0 fully saturated rings. The van der Waals surface area contributed by atoms with E-state index in [1.54, 1.807) is 4.90 Å². The van der Waals surface area contributed by atoms with Crippen LogP contribution in [-0.2, 0) is 19.1 Å². The van der Waals surface area contributed by atoms with Gasteiger partial charge in [-0.1, -0.05) is 42.0 Å². The third-order valence-corrected chi connectivity index (χ3v) is 5.01. The lowest BCUT2D eigenvalue weighted by atomic mass is 10.0. The summed E-state index contributed by atoms with van der Waals surface area (Å²) in [6, 6.07) is 14.4. The number of ether oxygens (including phenoxy) is 2. The number of anilines is 1. The van der Waals surface area contributed by atoms with Gasteiger partial charge in [0.25, 0.3) is 0 Å². The maximum absolute atomic E-state index is 12.7. The summed E-state index contributed by atoms with van der Waals surface area (Å²) >= 11 is 0. The van der Waals surface area contributed by atoms with Crippen LogP contribution in [-0.4, -0.2) is 38.0 Å². The van der Waals surface area contributed by atoms with E-state index in [4.69, 9.17) is 9.47 Å².